The number of nitrogens with zero attached hydrogens (tertiary/aromatic N) is 9. The van der Waals surface area contributed by atoms with Crippen molar-refractivity contribution in [2.45, 2.75) is 72.6 Å². The Kier molecular flexibility index (Phi) is 23.6. The number of hydrogen-bond acceptors (Lipinski definition) is 18. The number of anilines is 6. The number of amides is 4. The zero-order chi connectivity index (χ0) is 54.7. The summed E-state index contributed by atoms with van der Waals surface area (Å²) in [7, 11) is -3.70. The minimum atomic E-state index is -3.70. The maximum absolute atomic E-state index is 12.3. The van der Waals surface area contributed by atoms with Gasteiger partial charge >= 0.3 is 25.6 Å². The van der Waals surface area contributed by atoms with E-state index >= 15 is 0 Å². The van der Waals surface area contributed by atoms with Gasteiger partial charge in [-0.3, -0.25) is 19.1 Å². The highest BCUT2D eigenvalue weighted by Crippen LogP contribution is 2.28. The second kappa shape index (κ2) is 29.0. The molecule has 398 valence electrons. The largest absolute Gasteiger partial charge is 0.447 e. The number of carbonyl (C=O) groups excluding carboxylic acids is 4. The predicted molar refractivity (Wildman–Crippen MR) is 290 cm³/mol. The molecular formula is C46H55Cl3IN13O10S. The highest BCUT2D eigenvalue weighted by Gasteiger charge is 2.38. The maximum Gasteiger partial charge on any atom is 0.415 e. The van der Waals surface area contributed by atoms with E-state index in [4.69, 9.17) is 48.8 Å². The molecule has 0 unspecified atom stereocenters. The van der Waals surface area contributed by atoms with Gasteiger partial charge in [0.2, 0.25) is 22.4 Å². The molecule has 4 atom stereocenters. The number of nitrogens with one attached hydrogen (secondary N) is 4. The Labute approximate surface area is 455 Å². The van der Waals surface area contributed by atoms with Crippen molar-refractivity contribution in [3.63, 3.8) is 0 Å². The Bertz CT molecular complexity index is 2770. The first-order chi connectivity index (χ1) is 34.9. The lowest BCUT2D eigenvalue weighted by Crippen LogP contribution is -2.37. The van der Waals surface area contributed by atoms with Crippen LogP contribution in [0.3, 0.4) is 0 Å². The monoisotopic (exact) mass is 1210 g/mol. The first-order valence-electron chi connectivity index (χ1n) is 22.4. The molecule has 3 fully saturated rings. The van der Waals surface area contributed by atoms with Crippen LogP contribution in [0, 0.1) is 17.8 Å². The third-order valence-corrected chi connectivity index (χ3v) is 11.0. The number of benzene rings is 1. The van der Waals surface area contributed by atoms with Gasteiger partial charge in [-0.25, -0.2) is 44.3 Å². The molecule has 0 bridgehead atoms. The van der Waals surface area contributed by atoms with Crippen molar-refractivity contribution in [3.05, 3.63) is 113 Å². The van der Waals surface area contributed by atoms with Crippen LogP contribution in [0.25, 0.3) is 0 Å². The van der Waals surface area contributed by atoms with Crippen LogP contribution in [-0.4, -0.2) is 110 Å². The highest BCUT2D eigenvalue weighted by molar-refractivity contribution is 14.2. The van der Waals surface area contributed by atoms with Crippen molar-refractivity contribution >= 4 is 122 Å². The molecule has 3 aliphatic heterocycles. The molecule has 0 saturated carbocycles. The molecule has 0 spiro atoms. The van der Waals surface area contributed by atoms with E-state index in [1.54, 1.807) is 47.6 Å². The molecule has 1 aromatic carbocycles. The van der Waals surface area contributed by atoms with Gasteiger partial charge in [-0.2, -0.15) is 13.4 Å². The SMILES string of the molecule is C=CC(=O)Nc1ccc(Nc2ccc([C@H](C)Nc3nccc(N4C(=O)OC[C@@H]4C(C)C)n3)cc2)nc1.CC(C)[C@H]1COC(=O)N1.CC(C)[C@H]1COC(=O)N1c1ccnc(Cl)n1.Clc1ccnc(Cl)n1.O=S(=O)(O)I. The Morgan fingerprint density at radius 1 is 0.743 bits per heavy atom. The summed E-state index contributed by atoms with van der Waals surface area (Å²) in [5.41, 5.74) is 2.49. The van der Waals surface area contributed by atoms with E-state index in [0.29, 0.717) is 65.9 Å². The average molecular weight is 1220 g/mol. The Morgan fingerprint density at radius 3 is 1.70 bits per heavy atom. The summed E-state index contributed by atoms with van der Waals surface area (Å²) in [6, 6.07) is 16.4. The predicted octanol–water partition coefficient (Wildman–Crippen LogP) is 9.76. The molecule has 74 heavy (non-hydrogen) atoms. The van der Waals surface area contributed by atoms with Gasteiger partial charge in [-0.15, -0.1) is 0 Å². The topological polar surface area (TPSA) is 295 Å². The summed E-state index contributed by atoms with van der Waals surface area (Å²) in [5.74, 6) is 2.79. The van der Waals surface area contributed by atoms with Crippen LogP contribution in [0.1, 0.15) is 60.1 Å². The van der Waals surface area contributed by atoms with Gasteiger partial charge in [-0.05, 0) is 102 Å². The molecule has 7 heterocycles. The summed E-state index contributed by atoms with van der Waals surface area (Å²) in [5, 5.41) is 12.6. The van der Waals surface area contributed by atoms with Gasteiger partial charge in [0.1, 0.15) is 63.6 Å². The Balaban J connectivity index is 0.000000252. The van der Waals surface area contributed by atoms with Crippen molar-refractivity contribution in [2.24, 2.45) is 17.8 Å². The smallest absolute Gasteiger partial charge is 0.415 e. The molecule has 5 N–H and O–H groups in total. The van der Waals surface area contributed by atoms with Crippen LogP contribution < -0.4 is 31.1 Å². The molecule has 8 rings (SSSR count). The molecule has 4 amide bonds. The van der Waals surface area contributed by atoms with E-state index in [2.05, 4.69) is 95.2 Å². The molecule has 5 aromatic rings. The summed E-state index contributed by atoms with van der Waals surface area (Å²) in [6.45, 7) is 19.0. The lowest BCUT2D eigenvalue weighted by Gasteiger charge is -2.23. The fourth-order valence-electron chi connectivity index (χ4n) is 6.48. The third kappa shape index (κ3) is 20.2. The minimum absolute atomic E-state index is 0.00142. The van der Waals surface area contributed by atoms with Crippen molar-refractivity contribution in [2.75, 3.05) is 45.6 Å². The maximum atomic E-state index is 12.3. The number of rotatable bonds is 12. The quantitative estimate of drug-likeness (QED) is 0.0148. The summed E-state index contributed by atoms with van der Waals surface area (Å²) in [4.78, 5) is 77.0. The number of aromatic nitrogens is 7. The fourth-order valence-corrected chi connectivity index (χ4v) is 6.95. The van der Waals surface area contributed by atoms with Gasteiger partial charge in [0, 0.05) is 24.3 Å². The van der Waals surface area contributed by atoms with E-state index in [1.165, 1.54) is 23.4 Å². The second-order valence-electron chi connectivity index (χ2n) is 16.8. The van der Waals surface area contributed by atoms with E-state index in [0.717, 1.165) is 32.5 Å². The number of cyclic esters (lactones) is 3. The number of hydrogen-bond donors (Lipinski definition) is 5. The number of ether oxygens (including phenoxy) is 3. The van der Waals surface area contributed by atoms with Crippen molar-refractivity contribution < 1.29 is 46.4 Å². The number of alkyl carbamates (subject to hydrolysis) is 1. The van der Waals surface area contributed by atoms with Gasteiger partial charge in [0.15, 0.2) is 0 Å². The molecule has 3 saturated heterocycles. The summed E-state index contributed by atoms with van der Waals surface area (Å²) >= 11 is 17.4. The second-order valence-corrected chi connectivity index (χ2v) is 22.1. The minimum Gasteiger partial charge on any atom is -0.447 e. The van der Waals surface area contributed by atoms with Crippen LogP contribution in [0.4, 0.5) is 49.2 Å². The van der Waals surface area contributed by atoms with Gasteiger partial charge < -0.3 is 35.5 Å². The third-order valence-electron chi connectivity index (χ3n) is 10.4. The number of pyridine rings is 1. The molecule has 0 radical (unpaired) electrons. The molecule has 0 aliphatic carbocycles. The van der Waals surface area contributed by atoms with Crippen LogP contribution in [0.15, 0.2) is 92.0 Å². The molecule has 4 aromatic heterocycles. The van der Waals surface area contributed by atoms with E-state index < -0.39 is 7.29 Å². The van der Waals surface area contributed by atoms with Gasteiger partial charge in [0.05, 0.1) is 36.1 Å². The lowest BCUT2D eigenvalue weighted by molar-refractivity contribution is -0.111. The van der Waals surface area contributed by atoms with Crippen molar-refractivity contribution in [3.8, 4) is 0 Å². The van der Waals surface area contributed by atoms with Crippen LogP contribution in [0.2, 0.25) is 15.7 Å². The fraction of sp³-hybridized carbons (Fsp3) is 0.370. The van der Waals surface area contributed by atoms with Crippen LogP contribution in [0.5, 0.6) is 0 Å². The number of halogens is 4. The van der Waals surface area contributed by atoms with Crippen molar-refractivity contribution in [1.29, 1.82) is 0 Å². The Hall–Kier alpha value is -6.26. The zero-order valence-corrected chi connectivity index (χ0v) is 46.3. The first kappa shape index (κ1) is 60.3. The summed E-state index contributed by atoms with van der Waals surface area (Å²) < 4.78 is 40.8. The van der Waals surface area contributed by atoms with Gasteiger partial charge in [0.25, 0.3) is 0 Å². The average Bonchev–Trinajstić information content (AvgIpc) is 4.08. The molecular weight excluding hydrogens is 1160 g/mol. The van der Waals surface area contributed by atoms with Crippen LogP contribution >= 0.6 is 56.0 Å². The molecule has 3 aliphatic rings. The van der Waals surface area contributed by atoms with E-state index in [9.17, 15) is 27.6 Å². The number of carbonyl (C=O) groups is 4. The van der Waals surface area contributed by atoms with E-state index in [1.807, 2.05) is 45.0 Å². The molecule has 23 nitrogen and oxygen atoms in total. The van der Waals surface area contributed by atoms with Crippen molar-refractivity contribution in [1.82, 2.24) is 40.2 Å². The Morgan fingerprint density at radius 2 is 1.27 bits per heavy atom. The van der Waals surface area contributed by atoms with Crippen LogP contribution in [-0.2, 0) is 26.3 Å². The van der Waals surface area contributed by atoms with Gasteiger partial charge in [-0.1, -0.05) is 71.9 Å². The first-order valence-corrected chi connectivity index (χ1v) is 27.5. The normalized spacial score (nSPS) is 17.1. The lowest BCUT2D eigenvalue weighted by atomic mass is 10.0. The zero-order valence-electron chi connectivity index (χ0n) is 41.0. The highest BCUT2D eigenvalue weighted by atomic mass is 127. The summed E-state index contributed by atoms with van der Waals surface area (Å²) in [6.07, 6.45) is 6.38. The standard InChI is InChI=1S/C26H29N7O3.C10H12ClN3O2.C6H11NO2.C4H2Cl2N2.HIO3S/c1-5-24(34)31-20-10-11-22(28-14-20)30-19-8-6-18(7-9-19)17(4)29-25-27-13-12-23(32-25)33-21(16(2)3)15-36-26(33)35;1-6(2)7-5-16-10(15)14(7)8-3-4-12-9(11)13-8;1-4(2)5-3-9-6(8)7-5;5-3-1-2-7-4(6)8-3;1-5(2,3)4/h5-14,16-17,21H,1,15H2,2-4H3,(H,28,30)(H,31,34)(H,27,29,32);3-4,6-7H,5H2,1-2H3;4-5H,3H2,1-2H3,(H,7,8);1-2H;(H,2,3,4)/t17-,21+;7-;5-;;/m011../s1. The molecule has 28 heteroatoms. The van der Waals surface area contributed by atoms with E-state index in [-0.39, 0.29) is 64.8 Å².